The van der Waals surface area contributed by atoms with Gasteiger partial charge in [-0.05, 0) is 42.7 Å². The Labute approximate surface area is 140 Å². The molecule has 0 fully saturated rings. The maximum Gasteiger partial charge on any atom is 0.228 e. The molecular formula is C18H18ClNO3. The van der Waals surface area contributed by atoms with E-state index in [0.29, 0.717) is 29.7 Å². The molecule has 0 aromatic heterocycles. The standard InChI is InChI=1S/C18H18ClNO3/c1-11-4-3-5-12(2)17(11)20-16(21)10-13-8-14(19)18-15(9-13)22-6-7-23-18/h3-5,8-9H,6-7,10H2,1-2H3,(H,20,21). The summed E-state index contributed by atoms with van der Waals surface area (Å²) in [7, 11) is 0. The summed E-state index contributed by atoms with van der Waals surface area (Å²) in [6, 6.07) is 9.48. The highest BCUT2D eigenvalue weighted by molar-refractivity contribution is 6.32. The van der Waals surface area contributed by atoms with E-state index in [1.165, 1.54) is 0 Å². The molecule has 5 heteroatoms. The smallest absolute Gasteiger partial charge is 0.228 e. The zero-order valence-electron chi connectivity index (χ0n) is 13.1. The van der Waals surface area contributed by atoms with Crippen molar-refractivity contribution >= 4 is 23.2 Å². The third-order valence-electron chi connectivity index (χ3n) is 3.77. The lowest BCUT2D eigenvalue weighted by Gasteiger charge is -2.20. The molecule has 120 valence electrons. The second-order valence-corrected chi connectivity index (χ2v) is 6.00. The molecule has 1 amide bonds. The van der Waals surface area contributed by atoms with E-state index in [4.69, 9.17) is 21.1 Å². The minimum atomic E-state index is -0.0878. The van der Waals surface area contributed by atoms with E-state index in [-0.39, 0.29) is 12.3 Å². The van der Waals surface area contributed by atoms with Crippen LogP contribution in [0.3, 0.4) is 0 Å². The highest BCUT2D eigenvalue weighted by atomic mass is 35.5. The highest BCUT2D eigenvalue weighted by Gasteiger charge is 2.18. The molecule has 1 aliphatic rings. The molecule has 0 unspecified atom stereocenters. The van der Waals surface area contributed by atoms with Crippen molar-refractivity contribution in [3.63, 3.8) is 0 Å². The van der Waals surface area contributed by atoms with Gasteiger partial charge in [-0.3, -0.25) is 4.79 Å². The molecule has 3 rings (SSSR count). The Morgan fingerprint density at radius 2 is 1.87 bits per heavy atom. The molecule has 2 aromatic carbocycles. The largest absolute Gasteiger partial charge is 0.486 e. The van der Waals surface area contributed by atoms with Gasteiger partial charge in [-0.2, -0.15) is 0 Å². The second-order valence-electron chi connectivity index (χ2n) is 5.59. The highest BCUT2D eigenvalue weighted by Crippen LogP contribution is 2.38. The number of ether oxygens (including phenoxy) is 2. The molecular weight excluding hydrogens is 314 g/mol. The summed E-state index contributed by atoms with van der Waals surface area (Å²) in [4.78, 5) is 12.3. The van der Waals surface area contributed by atoms with Crippen LogP contribution in [0, 0.1) is 13.8 Å². The third-order valence-corrected chi connectivity index (χ3v) is 4.05. The summed E-state index contributed by atoms with van der Waals surface area (Å²) in [5, 5.41) is 3.44. The van der Waals surface area contributed by atoms with E-state index in [2.05, 4.69) is 5.32 Å². The average Bonchev–Trinajstić information content (AvgIpc) is 2.51. The van der Waals surface area contributed by atoms with E-state index in [0.717, 1.165) is 22.4 Å². The van der Waals surface area contributed by atoms with Crippen molar-refractivity contribution in [1.29, 1.82) is 0 Å². The molecule has 1 N–H and O–H groups in total. The summed E-state index contributed by atoms with van der Waals surface area (Å²) in [5.41, 5.74) is 3.74. The Balaban J connectivity index is 1.77. The number of hydrogen-bond donors (Lipinski definition) is 1. The van der Waals surface area contributed by atoms with Crippen LogP contribution in [-0.4, -0.2) is 19.1 Å². The Kier molecular flexibility index (Phi) is 4.44. The Bertz CT molecular complexity index is 738. The van der Waals surface area contributed by atoms with Gasteiger partial charge in [0.1, 0.15) is 13.2 Å². The van der Waals surface area contributed by atoms with Crippen molar-refractivity contribution in [3.05, 3.63) is 52.0 Å². The molecule has 1 heterocycles. The lowest BCUT2D eigenvalue weighted by molar-refractivity contribution is -0.115. The van der Waals surface area contributed by atoms with Crippen LogP contribution < -0.4 is 14.8 Å². The number of carbonyl (C=O) groups is 1. The molecule has 0 atom stereocenters. The van der Waals surface area contributed by atoms with Crippen molar-refractivity contribution in [2.45, 2.75) is 20.3 Å². The van der Waals surface area contributed by atoms with Crippen molar-refractivity contribution in [2.24, 2.45) is 0 Å². The molecule has 0 radical (unpaired) electrons. The average molecular weight is 332 g/mol. The van der Waals surface area contributed by atoms with Crippen LogP contribution in [-0.2, 0) is 11.2 Å². The van der Waals surface area contributed by atoms with Gasteiger partial charge in [0.15, 0.2) is 11.5 Å². The predicted octanol–water partition coefficient (Wildman–Crippen LogP) is 3.91. The first-order chi connectivity index (χ1) is 11.0. The van der Waals surface area contributed by atoms with Gasteiger partial charge >= 0.3 is 0 Å². The molecule has 2 aromatic rings. The van der Waals surface area contributed by atoms with Gasteiger partial charge in [0.2, 0.25) is 5.91 Å². The number of nitrogens with one attached hydrogen (secondary N) is 1. The van der Waals surface area contributed by atoms with E-state index in [1.54, 1.807) is 6.07 Å². The summed E-state index contributed by atoms with van der Waals surface area (Å²) in [5.74, 6) is 1.06. The predicted molar refractivity (Wildman–Crippen MR) is 90.7 cm³/mol. The summed E-state index contributed by atoms with van der Waals surface area (Å²) in [6.45, 7) is 4.92. The van der Waals surface area contributed by atoms with Gasteiger partial charge in [0.05, 0.1) is 11.4 Å². The number of fused-ring (bicyclic) bond motifs is 1. The number of hydrogen-bond acceptors (Lipinski definition) is 3. The topological polar surface area (TPSA) is 47.6 Å². The van der Waals surface area contributed by atoms with Crippen molar-refractivity contribution in [2.75, 3.05) is 18.5 Å². The Hall–Kier alpha value is -2.20. The number of halogens is 1. The number of benzene rings is 2. The van der Waals surface area contributed by atoms with Gasteiger partial charge in [-0.15, -0.1) is 0 Å². The van der Waals surface area contributed by atoms with Gasteiger partial charge in [0.25, 0.3) is 0 Å². The third kappa shape index (κ3) is 3.42. The van der Waals surface area contributed by atoms with Crippen molar-refractivity contribution in [1.82, 2.24) is 0 Å². The summed E-state index contributed by atoms with van der Waals surface area (Å²) < 4.78 is 11.0. The van der Waals surface area contributed by atoms with E-state index >= 15 is 0 Å². The molecule has 0 spiro atoms. The second kappa shape index (κ2) is 6.50. The van der Waals surface area contributed by atoms with Crippen molar-refractivity contribution in [3.8, 4) is 11.5 Å². The van der Waals surface area contributed by atoms with Crippen molar-refractivity contribution < 1.29 is 14.3 Å². The normalized spacial score (nSPS) is 12.8. The summed E-state index contributed by atoms with van der Waals surface area (Å²) >= 11 is 6.20. The molecule has 23 heavy (non-hydrogen) atoms. The lowest BCUT2D eigenvalue weighted by atomic mass is 10.1. The Morgan fingerprint density at radius 1 is 1.17 bits per heavy atom. The van der Waals surface area contributed by atoms with Crippen LogP contribution in [0.25, 0.3) is 0 Å². The molecule has 0 saturated carbocycles. The van der Waals surface area contributed by atoms with E-state index < -0.39 is 0 Å². The number of para-hydroxylation sites is 1. The zero-order chi connectivity index (χ0) is 16.4. The molecule has 0 saturated heterocycles. The minimum Gasteiger partial charge on any atom is -0.486 e. The van der Waals surface area contributed by atoms with Crippen LogP contribution in [0.2, 0.25) is 5.02 Å². The fourth-order valence-corrected chi connectivity index (χ4v) is 2.93. The van der Waals surface area contributed by atoms with Gasteiger partial charge in [0, 0.05) is 5.69 Å². The lowest BCUT2D eigenvalue weighted by Crippen LogP contribution is -2.18. The van der Waals surface area contributed by atoms with Gasteiger partial charge in [-0.1, -0.05) is 29.8 Å². The number of rotatable bonds is 3. The Morgan fingerprint density at radius 3 is 2.61 bits per heavy atom. The fourth-order valence-electron chi connectivity index (χ4n) is 2.65. The molecule has 4 nitrogen and oxygen atoms in total. The minimum absolute atomic E-state index is 0.0878. The number of amides is 1. The SMILES string of the molecule is Cc1cccc(C)c1NC(=O)Cc1cc(Cl)c2c(c1)OCCO2. The van der Waals surface area contributed by atoms with Crippen LogP contribution in [0.4, 0.5) is 5.69 Å². The van der Waals surface area contributed by atoms with Crippen LogP contribution >= 0.6 is 11.6 Å². The van der Waals surface area contributed by atoms with Crippen LogP contribution in [0.15, 0.2) is 30.3 Å². The van der Waals surface area contributed by atoms with Crippen LogP contribution in [0.5, 0.6) is 11.5 Å². The monoisotopic (exact) mass is 331 g/mol. The maximum absolute atomic E-state index is 12.3. The molecule has 1 aliphatic heterocycles. The van der Waals surface area contributed by atoms with Gasteiger partial charge in [-0.25, -0.2) is 0 Å². The van der Waals surface area contributed by atoms with E-state index in [1.807, 2.05) is 38.1 Å². The number of carbonyl (C=O) groups excluding carboxylic acids is 1. The van der Waals surface area contributed by atoms with E-state index in [9.17, 15) is 4.79 Å². The first-order valence-corrected chi connectivity index (χ1v) is 7.86. The first kappa shape index (κ1) is 15.7. The number of anilines is 1. The van der Waals surface area contributed by atoms with Gasteiger partial charge < -0.3 is 14.8 Å². The maximum atomic E-state index is 12.3. The molecule has 0 bridgehead atoms. The quantitative estimate of drug-likeness (QED) is 0.927. The first-order valence-electron chi connectivity index (χ1n) is 7.48. The number of aryl methyl sites for hydroxylation is 2. The fraction of sp³-hybridized carbons (Fsp3) is 0.278. The zero-order valence-corrected chi connectivity index (χ0v) is 13.9. The summed E-state index contributed by atoms with van der Waals surface area (Å²) in [6.07, 6.45) is 0.226. The van der Waals surface area contributed by atoms with Crippen LogP contribution in [0.1, 0.15) is 16.7 Å². The molecule has 0 aliphatic carbocycles.